The Bertz CT molecular complexity index is 683. The van der Waals surface area contributed by atoms with Gasteiger partial charge in [-0.1, -0.05) is 20.8 Å². The number of amides is 1. The molecule has 0 saturated carbocycles. The summed E-state index contributed by atoms with van der Waals surface area (Å²) in [6.07, 6.45) is 2.46. The van der Waals surface area contributed by atoms with Gasteiger partial charge in [-0.25, -0.2) is 0 Å². The van der Waals surface area contributed by atoms with Gasteiger partial charge in [0.05, 0.1) is 13.2 Å². The summed E-state index contributed by atoms with van der Waals surface area (Å²) in [6.45, 7) is 12.2. The quantitative estimate of drug-likeness (QED) is 0.343. The van der Waals surface area contributed by atoms with Gasteiger partial charge in [0, 0.05) is 44.3 Å². The minimum Gasteiger partial charge on any atom is -0.497 e. The standard InChI is InChI=1S/C23H38N4O3/c1-6-24-22(27-16-18-8-7-15-30-20(18)23(2,3)4)26-14-13-25-21(28)17-9-11-19(29-5)12-10-17/h9-12,18,20H,6-8,13-16H2,1-5H3,(H,25,28)(H2,24,26,27). The molecule has 1 aliphatic rings. The first-order valence-corrected chi connectivity index (χ1v) is 10.9. The number of carbonyl (C=O) groups excluding carboxylic acids is 1. The molecule has 1 amide bonds. The SMILES string of the molecule is CCNC(=NCC1CCCOC1C(C)(C)C)NCCNC(=O)c1ccc(OC)cc1. The summed E-state index contributed by atoms with van der Waals surface area (Å²) in [5, 5.41) is 9.50. The van der Waals surface area contributed by atoms with Crippen molar-refractivity contribution in [3.63, 3.8) is 0 Å². The molecule has 2 rings (SSSR count). The van der Waals surface area contributed by atoms with E-state index in [-0.39, 0.29) is 17.4 Å². The van der Waals surface area contributed by atoms with Crippen LogP contribution in [0.15, 0.2) is 29.3 Å². The Morgan fingerprint density at radius 2 is 1.87 bits per heavy atom. The molecule has 7 heteroatoms. The van der Waals surface area contributed by atoms with Crippen molar-refractivity contribution in [1.82, 2.24) is 16.0 Å². The van der Waals surface area contributed by atoms with E-state index in [0.29, 0.717) is 24.6 Å². The first kappa shape index (κ1) is 24.0. The minimum atomic E-state index is -0.103. The van der Waals surface area contributed by atoms with Crippen LogP contribution in [0.4, 0.5) is 0 Å². The average molecular weight is 419 g/mol. The zero-order chi connectivity index (χ0) is 22.0. The molecule has 0 aliphatic carbocycles. The van der Waals surface area contributed by atoms with Crippen molar-refractivity contribution in [3.8, 4) is 5.75 Å². The van der Waals surface area contributed by atoms with Crippen molar-refractivity contribution in [1.29, 1.82) is 0 Å². The molecule has 1 fully saturated rings. The zero-order valence-electron chi connectivity index (χ0n) is 19.1. The van der Waals surface area contributed by atoms with Gasteiger partial charge in [0.1, 0.15) is 5.75 Å². The number of nitrogens with one attached hydrogen (secondary N) is 3. The Labute approximate surface area is 181 Å². The second-order valence-electron chi connectivity index (χ2n) is 8.69. The van der Waals surface area contributed by atoms with Crippen molar-refractivity contribution in [2.75, 3.05) is 39.9 Å². The highest BCUT2D eigenvalue weighted by Gasteiger charge is 2.35. The highest BCUT2D eigenvalue weighted by molar-refractivity contribution is 5.94. The molecule has 1 saturated heterocycles. The molecule has 0 radical (unpaired) electrons. The monoisotopic (exact) mass is 418 g/mol. The topological polar surface area (TPSA) is 84.0 Å². The highest BCUT2D eigenvalue weighted by Crippen LogP contribution is 2.34. The van der Waals surface area contributed by atoms with E-state index in [9.17, 15) is 4.79 Å². The van der Waals surface area contributed by atoms with E-state index in [1.165, 1.54) is 0 Å². The second-order valence-corrected chi connectivity index (χ2v) is 8.69. The van der Waals surface area contributed by atoms with Gasteiger partial charge >= 0.3 is 0 Å². The summed E-state index contributed by atoms with van der Waals surface area (Å²) in [5.41, 5.74) is 0.722. The largest absolute Gasteiger partial charge is 0.497 e. The third-order valence-corrected chi connectivity index (χ3v) is 5.18. The number of rotatable bonds is 8. The van der Waals surface area contributed by atoms with Crippen LogP contribution in [0.5, 0.6) is 5.75 Å². The molecule has 3 N–H and O–H groups in total. The molecule has 0 bridgehead atoms. The number of hydrogen-bond donors (Lipinski definition) is 3. The Morgan fingerprint density at radius 3 is 2.50 bits per heavy atom. The number of nitrogens with zero attached hydrogens (tertiary/aromatic N) is 1. The molecule has 1 aliphatic heterocycles. The van der Waals surface area contributed by atoms with Gasteiger partial charge < -0.3 is 25.4 Å². The van der Waals surface area contributed by atoms with E-state index >= 15 is 0 Å². The van der Waals surface area contributed by atoms with Gasteiger partial charge in [-0.05, 0) is 49.4 Å². The lowest BCUT2D eigenvalue weighted by atomic mass is 9.78. The summed E-state index contributed by atoms with van der Waals surface area (Å²) in [5.74, 6) is 1.82. The molecule has 0 aromatic heterocycles. The normalized spacial score (nSPS) is 19.8. The summed E-state index contributed by atoms with van der Waals surface area (Å²) in [4.78, 5) is 17.0. The lowest BCUT2D eigenvalue weighted by Gasteiger charge is -2.39. The fourth-order valence-corrected chi connectivity index (χ4v) is 3.74. The van der Waals surface area contributed by atoms with Crippen molar-refractivity contribution in [3.05, 3.63) is 29.8 Å². The molecule has 1 aromatic rings. The van der Waals surface area contributed by atoms with Gasteiger partial charge in [-0.15, -0.1) is 0 Å². The lowest BCUT2D eigenvalue weighted by molar-refractivity contribution is -0.0823. The molecule has 0 spiro atoms. The smallest absolute Gasteiger partial charge is 0.251 e. The van der Waals surface area contributed by atoms with E-state index in [1.807, 2.05) is 6.92 Å². The molecular formula is C23H38N4O3. The number of carbonyl (C=O) groups is 1. The highest BCUT2D eigenvalue weighted by atomic mass is 16.5. The molecule has 30 heavy (non-hydrogen) atoms. The van der Waals surface area contributed by atoms with Gasteiger partial charge in [0.2, 0.25) is 0 Å². The van der Waals surface area contributed by atoms with E-state index in [1.54, 1.807) is 31.4 Å². The molecule has 1 aromatic carbocycles. The van der Waals surface area contributed by atoms with Crippen LogP contribution in [0.1, 0.15) is 50.9 Å². The van der Waals surface area contributed by atoms with Gasteiger partial charge in [-0.2, -0.15) is 0 Å². The zero-order valence-corrected chi connectivity index (χ0v) is 19.1. The number of guanidine groups is 1. The van der Waals surface area contributed by atoms with Crippen LogP contribution in [0.2, 0.25) is 0 Å². The molecular weight excluding hydrogens is 380 g/mol. The molecule has 2 atom stereocenters. The number of ether oxygens (including phenoxy) is 2. The van der Waals surface area contributed by atoms with E-state index in [0.717, 1.165) is 44.2 Å². The summed E-state index contributed by atoms with van der Waals surface area (Å²) in [7, 11) is 1.61. The van der Waals surface area contributed by atoms with Crippen LogP contribution in [0.25, 0.3) is 0 Å². The number of methoxy groups -OCH3 is 1. The average Bonchev–Trinajstić information content (AvgIpc) is 2.74. The Balaban J connectivity index is 1.82. The number of aliphatic imine (C=N–C) groups is 1. The van der Waals surface area contributed by atoms with Crippen molar-refractivity contribution in [2.24, 2.45) is 16.3 Å². The van der Waals surface area contributed by atoms with Crippen LogP contribution >= 0.6 is 0 Å². The maximum Gasteiger partial charge on any atom is 0.251 e. The third kappa shape index (κ3) is 7.52. The van der Waals surface area contributed by atoms with Gasteiger partial charge in [-0.3, -0.25) is 9.79 Å². The van der Waals surface area contributed by atoms with Crippen molar-refractivity contribution >= 4 is 11.9 Å². The second kappa shape index (κ2) is 11.8. The van der Waals surface area contributed by atoms with Crippen molar-refractivity contribution < 1.29 is 14.3 Å². The predicted octanol–water partition coefficient (Wildman–Crippen LogP) is 2.82. The Hall–Kier alpha value is -2.28. The summed E-state index contributed by atoms with van der Waals surface area (Å²) >= 11 is 0. The number of benzene rings is 1. The molecule has 168 valence electrons. The van der Waals surface area contributed by atoms with Crippen LogP contribution in [-0.2, 0) is 4.74 Å². The van der Waals surface area contributed by atoms with E-state index in [2.05, 4.69) is 36.7 Å². The van der Waals surface area contributed by atoms with Gasteiger partial charge in [0.15, 0.2) is 5.96 Å². The first-order valence-electron chi connectivity index (χ1n) is 10.9. The fourth-order valence-electron chi connectivity index (χ4n) is 3.74. The first-order chi connectivity index (χ1) is 14.3. The van der Waals surface area contributed by atoms with Gasteiger partial charge in [0.25, 0.3) is 5.91 Å². The fraction of sp³-hybridized carbons (Fsp3) is 0.652. The molecule has 7 nitrogen and oxygen atoms in total. The minimum absolute atomic E-state index is 0.103. The van der Waals surface area contributed by atoms with Crippen molar-refractivity contribution in [2.45, 2.75) is 46.6 Å². The van der Waals surface area contributed by atoms with Crippen LogP contribution in [0.3, 0.4) is 0 Å². The molecule has 1 heterocycles. The third-order valence-electron chi connectivity index (χ3n) is 5.18. The predicted molar refractivity (Wildman–Crippen MR) is 121 cm³/mol. The van der Waals surface area contributed by atoms with E-state index < -0.39 is 0 Å². The Kier molecular flexibility index (Phi) is 9.43. The Morgan fingerprint density at radius 1 is 1.17 bits per heavy atom. The summed E-state index contributed by atoms with van der Waals surface area (Å²) < 4.78 is 11.2. The maximum absolute atomic E-state index is 12.2. The maximum atomic E-state index is 12.2. The van der Waals surface area contributed by atoms with E-state index in [4.69, 9.17) is 14.5 Å². The van der Waals surface area contributed by atoms with Crippen LogP contribution in [0, 0.1) is 11.3 Å². The lowest BCUT2D eigenvalue weighted by Crippen LogP contribution is -2.44. The number of hydrogen-bond acceptors (Lipinski definition) is 4. The summed E-state index contributed by atoms with van der Waals surface area (Å²) in [6, 6.07) is 7.07. The van der Waals surface area contributed by atoms with Crippen LogP contribution < -0.4 is 20.7 Å². The van der Waals surface area contributed by atoms with Crippen LogP contribution in [-0.4, -0.2) is 57.9 Å². The molecule has 2 unspecified atom stereocenters.